The van der Waals surface area contributed by atoms with Crippen LogP contribution in [0.2, 0.25) is 0 Å². The molecule has 122 valence electrons. The number of aromatic nitrogens is 1. The number of rotatable bonds is 3. The van der Waals surface area contributed by atoms with Gasteiger partial charge in [-0.25, -0.2) is 0 Å². The fourth-order valence-corrected chi connectivity index (χ4v) is 3.29. The van der Waals surface area contributed by atoms with Crippen LogP contribution in [-0.4, -0.2) is 46.9 Å². The minimum atomic E-state index is -0.0499. The molecule has 0 bridgehead atoms. The van der Waals surface area contributed by atoms with Crippen LogP contribution in [-0.2, 0) is 11.3 Å². The normalized spacial score (nSPS) is 22.6. The summed E-state index contributed by atoms with van der Waals surface area (Å²) in [7, 11) is 0. The highest BCUT2D eigenvalue weighted by Crippen LogP contribution is 2.21. The van der Waals surface area contributed by atoms with Crippen molar-refractivity contribution in [2.75, 3.05) is 26.2 Å². The molecule has 2 heterocycles. The third kappa shape index (κ3) is 4.08. The Labute approximate surface area is 138 Å². The van der Waals surface area contributed by atoms with Gasteiger partial charge in [0.05, 0.1) is 11.6 Å². The second-order valence-electron chi connectivity index (χ2n) is 6.37. The molecule has 4 nitrogen and oxygen atoms in total. The van der Waals surface area contributed by atoms with Crippen molar-refractivity contribution in [1.82, 2.24) is 14.8 Å². The van der Waals surface area contributed by atoms with E-state index in [1.807, 2.05) is 23.2 Å². The summed E-state index contributed by atoms with van der Waals surface area (Å²) >= 11 is 0. The van der Waals surface area contributed by atoms with E-state index in [-0.39, 0.29) is 11.8 Å². The van der Waals surface area contributed by atoms with Crippen molar-refractivity contribution in [3.8, 4) is 0 Å². The number of nitrogens with zero attached hydrogens (tertiary/aromatic N) is 3. The molecule has 0 N–H and O–H groups in total. The molecule has 1 amide bonds. The summed E-state index contributed by atoms with van der Waals surface area (Å²) in [6.45, 7) is 6.54. The molecule has 2 aliphatic rings. The quantitative estimate of drug-likeness (QED) is 0.805. The molecule has 0 saturated carbocycles. The van der Waals surface area contributed by atoms with Gasteiger partial charge in [0.1, 0.15) is 0 Å². The smallest absolute Gasteiger partial charge is 0.233 e. The second-order valence-corrected chi connectivity index (χ2v) is 6.37. The van der Waals surface area contributed by atoms with Gasteiger partial charge in [-0.05, 0) is 31.9 Å². The van der Waals surface area contributed by atoms with Crippen molar-refractivity contribution in [2.45, 2.75) is 26.3 Å². The lowest BCUT2D eigenvalue weighted by atomic mass is 9.93. The third-order valence-corrected chi connectivity index (χ3v) is 4.67. The molecule has 1 fully saturated rings. The SMILES string of the molecule is CC1=CCC=CC1C(=O)N1CCCN(Cc2ccccn2)CC1. The first-order valence-electron chi connectivity index (χ1n) is 8.48. The molecule has 1 aliphatic heterocycles. The minimum absolute atomic E-state index is 0.0499. The van der Waals surface area contributed by atoms with E-state index in [0.29, 0.717) is 0 Å². The summed E-state index contributed by atoms with van der Waals surface area (Å²) in [6.07, 6.45) is 10.1. The zero-order valence-electron chi connectivity index (χ0n) is 13.8. The number of pyridine rings is 1. The maximum Gasteiger partial charge on any atom is 0.233 e. The van der Waals surface area contributed by atoms with Crippen LogP contribution in [0.3, 0.4) is 0 Å². The molecule has 0 spiro atoms. The van der Waals surface area contributed by atoms with Crippen LogP contribution >= 0.6 is 0 Å². The molecule has 0 radical (unpaired) electrons. The van der Waals surface area contributed by atoms with Crippen molar-refractivity contribution in [1.29, 1.82) is 0 Å². The van der Waals surface area contributed by atoms with Gasteiger partial charge in [0.15, 0.2) is 0 Å². The highest BCUT2D eigenvalue weighted by Gasteiger charge is 2.26. The Morgan fingerprint density at radius 1 is 1.26 bits per heavy atom. The Hall–Kier alpha value is -1.94. The average Bonchev–Trinajstić information content (AvgIpc) is 2.81. The van der Waals surface area contributed by atoms with E-state index < -0.39 is 0 Å². The fraction of sp³-hybridized carbons (Fsp3) is 0.474. The van der Waals surface area contributed by atoms with E-state index in [2.05, 4.69) is 41.1 Å². The number of hydrogen-bond donors (Lipinski definition) is 0. The van der Waals surface area contributed by atoms with Gasteiger partial charge in [-0.1, -0.05) is 29.9 Å². The monoisotopic (exact) mass is 311 g/mol. The molecule has 4 heteroatoms. The van der Waals surface area contributed by atoms with Crippen molar-refractivity contribution in [3.05, 3.63) is 53.9 Å². The maximum absolute atomic E-state index is 12.8. The zero-order valence-corrected chi connectivity index (χ0v) is 13.8. The zero-order chi connectivity index (χ0) is 16.1. The van der Waals surface area contributed by atoms with E-state index in [1.165, 1.54) is 5.57 Å². The van der Waals surface area contributed by atoms with Crippen molar-refractivity contribution < 1.29 is 4.79 Å². The number of hydrogen-bond acceptors (Lipinski definition) is 3. The predicted octanol–water partition coefficient (Wildman–Crippen LogP) is 2.64. The third-order valence-electron chi connectivity index (χ3n) is 4.67. The van der Waals surface area contributed by atoms with Crippen LogP contribution in [0, 0.1) is 5.92 Å². The first-order chi connectivity index (χ1) is 11.2. The Bertz CT molecular complexity index is 594. The van der Waals surface area contributed by atoms with E-state index in [1.54, 1.807) is 0 Å². The summed E-state index contributed by atoms with van der Waals surface area (Å²) in [5.41, 5.74) is 2.29. The van der Waals surface area contributed by atoms with Crippen LogP contribution in [0.25, 0.3) is 0 Å². The maximum atomic E-state index is 12.8. The molecule has 1 atom stereocenters. The van der Waals surface area contributed by atoms with E-state index >= 15 is 0 Å². The number of amides is 1. The number of carbonyl (C=O) groups excluding carboxylic acids is 1. The van der Waals surface area contributed by atoms with Crippen molar-refractivity contribution in [3.63, 3.8) is 0 Å². The van der Waals surface area contributed by atoms with Crippen molar-refractivity contribution in [2.24, 2.45) is 5.92 Å². The van der Waals surface area contributed by atoms with Gasteiger partial charge >= 0.3 is 0 Å². The van der Waals surface area contributed by atoms with Crippen LogP contribution in [0.4, 0.5) is 0 Å². The van der Waals surface area contributed by atoms with Crippen LogP contribution in [0.1, 0.15) is 25.5 Å². The fourth-order valence-electron chi connectivity index (χ4n) is 3.29. The Morgan fingerprint density at radius 2 is 2.17 bits per heavy atom. The van der Waals surface area contributed by atoms with Gasteiger partial charge in [-0.3, -0.25) is 14.7 Å². The minimum Gasteiger partial charge on any atom is -0.341 e. The second kappa shape index (κ2) is 7.55. The lowest BCUT2D eigenvalue weighted by molar-refractivity contribution is -0.132. The Kier molecular flexibility index (Phi) is 5.23. The van der Waals surface area contributed by atoms with E-state index in [0.717, 1.165) is 51.3 Å². The molecular weight excluding hydrogens is 286 g/mol. The molecule has 1 aliphatic carbocycles. The Morgan fingerprint density at radius 3 is 2.96 bits per heavy atom. The molecule has 1 unspecified atom stereocenters. The van der Waals surface area contributed by atoms with Crippen LogP contribution in [0.5, 0.6) is 0 Å². The first-order valence-corrected chi connectivity index (χ1v) is 8.48. The van der Waals surface area contributed by atoms with Gasteiger partial charge in [-0.15, -0.1) is 0 Å². The summed E-state index contributed by atoms with van der Waals surface area (Å²) in [5.74, 6) is 0.209. The number of carbonyl (C=O) groups is 1. The van der Waals surface area contributed by atoms with E-state index in [9.17, 15) is 4.79 Å². The van der Waals surface area contributed by atoms with Crippen molar-refractivity contribution >= 4 is 5.91 Å². The lowest BCUT2D eigenvalue weighted by Crippen LogP contribution is -2.39. The topological polar surface area (TPSA) is 36.4 Å². The summed E-state index contributed by atoms with van der Waals surface area (Å²) in [5, 5.41) is 0. The predicted molar refractivity (Wildman–Crippen MR) is 91.7 cm³/mol. The van der Waals surface area contributed by atoms with Crippen LogP contribution in [0.15, 0.2) is 48.2 Å². The summed E-state index contributed by atoms with van der Waals surface area (Å²) < 4.78 is 0. The molecule has 1 aromatic rings. The molecule has 1 saturated heterocycles. The first kappa shape index (κ1) is 15.9. The average molecular weight is 311 g/mol. The van der Waals surface area contributed by atoms with E-state index in [4.69, 9.17) is 0 Å². The lowest BCUT2D eigenvalue weighted by Gasteiger charge is -2.26. The highest BCUT2D eigenvalue weighted by atomic mass is 16.2. The molecule has 0 aromatic carbocycles. The largest absolute Gasteiger partial charge is 0.341 e. The molecule has 23 heavy (non-hydrogen) atoms. The standard InChI is InChI=1S/C19H25N3O/c1-16-7-2-3-9-18(16)19(23)22-12-6-11-21(13-14-22)15-17-8-4-5-10-20-17/h3-5,7-10,18H,2,6,11-15H2,1H3. The van der Waals surface area contributed by atoms with Gasteiger partial charge in [-0.2, -0.15) is 0 Å². The van der Waals surface area contributed by atoms with Crippen LogP contribution < -0.4 is 0 Å². The van der Waals surface area contributed by atoms with Gasteiger partial charge in [0.25, 0.3) is 0 Å². The van der Waals surface area contributed by atoms with Gasteiger partial charge < -0.3 is 4.90 Å². The highest BCUT2D eigenvalue weighted by molar-refractivity contribution is 5.83. The summed E-state index contributed by atoms with van der Waals surface area (Å²) in [6, 6.07) is 6.04. The molecular formula is C19H25N3O. The van der Waals surface area contributed by atoms with Gasteiger partial charge in [0, 0.05) is 38.9 Å². The molecule has 3 rings (SSSR count). The molecule has 1 aromatic heterocycles. The Balaban J connectivity index is 1.58. The summed E-state index contributed by atoms with van der Waals surface area (Å²) in [4.78, 5) is 21.6. The number of allylic oxidation sites excluding steroid dienone is 2. The van der Waals surface area contributed by atoms with Gasteiger partial charge in [0.2, 0.25) is 5.91 Å².